The monoisotopic (exact) mass is 139 g/mol. The molecule has 1 aliphatic heterocycles. The second-order valence-corrected chi connectivity index (χ2v) is 2.32. The first kappa shape index (κ1) is 5.95. The Morgan fingerprint density at radius 2 is 2.60 bits per heavy atom. The van der Waals surface area contributed by atoms with E-state index in [2.05, 4.69) is 5.48 Å². The van der Waals surface area contributed by atoms with Gasteiger partial charge in [0.05, 0.1) is 18.9 Å². The fourth-order valence-corrected chi connectivity index (χ4v) is 1.09. The highest BCUT2D eigenvalue weighted by molar-refractivity contribution is 5.04. The molecule has 0 saturated carbocycles. The Labute approximate surface area is 58.9 Å². The highest BCUT2D eigenvalue weighted by Gasteiger charge is 2.18. The maximum Gasteiger partial charge on any atom is 0.123 e. The lowest BCUT2D eigenvalue weighted by molar-refractivity contribution is 0.0848. The molecule has 0 aromatic carbocycles. The molecular weight excluding hydrogens is 130 g/mol. The third kappa shape index (κ3) is 0.936. The fourth-order valence-electron chi connectivity index (χ4n) is 1.09. The molecule has 1 N–H and O–H groups in total. The number of hydrogen-bond donors (Lipinski definition) is 1. The van der Waals surface area contributed by atoms with Gasteiger partial charge in [-0.2, -0.15) is 5.48 Å². The van der Waals surface area contributed by atoms with Crippen molar-refractivity contribution in [1.82, 2.24) is 5.48 Å². The Morgan fingerprint density at radius 1 is 1.60 bits per heavy atom. The summed E-state index contributed by atoms with van der Waals surface area (Å²) in [5.41, 5.74) is 2.87. The molecular formula is C7H9NO2. The summed E-state index contributed by atoms with van der Waals surface area (Å²) < 4.78 is 5.17. The van der Waals surface area contributed by atoms with E-state index in [9.17, 15) is 0 Å². The van der Waals surface area contributed by atoms with E-state index in [-0.39, 0.29) is 6.04 Å². The number of furan rings is 1. The van der Waals surface area contributed by atoms with Crippen molar-refractivity contribution in [3.8, 4) is 0 Å². The van der Waals surface area contributed by atoms with Gasteiger partial charge in [-0.1, -0.05) is 0 Å². The van der Waals surface area contributed by atoms with Crippen LogP contribution in [0, 0.1) is 0 Å². The second kappa shape index (κ2) is 2.44. The maximum absolute atomic E-state index is 5.17. The van der Waals surface area contributed by atoms with Gasteiger partial charge < -0.3 is 9.25 Å². The zero-order valence-electron chi connectivity index (χ0n) is 5.54. The highest BCUT2D eigenvalue weighted by Crippen LogP contribution is 2.20. The lowest BCUT2D eigenvalue weighted by Gasteiger charge is -2.01. The van der Waals surface area contributed by atoms with Gasteiger partial charge in [-0.15, -0.1) is 0 Å². The smallest absolute Gasteiger partial charge is 0.123 e. The predicted molar refractivity (Wildman–Crippen MR) is 35.2 cm³/mol. The van der Waals surface area contributed by atoms with Crippen LogP contribution in [-0.2, 0) is 4.84 Å². The largest absolute Gasteiger partial charge is 0.468 e. The molecule has 1 aromatic heterocycles. The molecule has 2 heterocycles. The topological polar surface area (TPSA) is 34.4 Å². The zero-order valence-corrected chi connectivity index (χ0v) is 5.54. The minimum absolute atomic E-state index is 0.259. The molecule has 1 aliphatic rings. The van der Waals surface area contributed by atoms with Crippen molar-refractivity contribution < 1.29 is 9.25 Å². The van der Waals surface area contributed by atoms with E-state index in [4.69, 9.17) is 9.25 Å². The number of hydroxylamine groups is 1. The van der Waals surface area contributed by atoms with Crippen LogP contribution in [0.2, 0.25) is 0 Å². The van der Waals surface area contributed by atoms with E-state index in [1.54, 1.807) is 6.26 Å². The fraction of sp³-hybridized carbons (Fsp3) is 0.429. The van der Waals surface area contributed by atoms with Gasteiger partial charge in [-0.05, 0) is 18.6 Å². The molecule has 3 heteroatoms. The van der Waals surface area contributed by atoms with Crippen LogP contribution in [0.3, 0.4) is 0 Å². The Kier molecular flexibility index (Phi) is 1.45. The van der Waals surface area contributed by atoms with E-state index < -0.39 is 0 Å². The highest BCUT2D eigenvalue weighted by atomic mass is 16.7. The average molecular weight is 139 g/mol. The molecule has 3 nitrogen and oxygen atoms in total. The quantitative estimate of drug-likeness (QED) is 0.635. The Hall–Kier alpha value is -0.800. The van der Waals surface area contributed by atoms with Crippen LogP contribution < -0.4 is 5.48 Å². The predicted octanol–water partition coefficient (Wildman–Crippen LogP) is 1.25. The third-order valence-electron chi connectivity index (χ3n) is 1.62. The van der Waals surface area contributed by atoms with E-state index in [0.29, 0.717) is 0 Å². The summed E-state index contributed by atoms with van der Waals surface area (Å²) in [6.07, 6.45) is 2.67. The number of nitrogens with one attached hydrogen (secondary N) is 1. The summed E-state index contributed by atoms with van der Waals surface area (Å²) in [6.45, 7) is 0.769. The second-order valence-electron chi connectivity index (χ2n) is 2.32. The summed E-state index contributed by atoms with van der Waals surface area (Å²) in [4.78, 5) is 4.97. The maximum atomic E-state index is 5.17. The lowest BCUT2D eigenvalue weighted by atomic mass is 10.2. The lowest BCUT2D eigenvalue weighted by Crippen LogP contribution is -2.10. The summed E-state index contributed by atoms with van der Waals surface area (Å²) in [5.74, 6) is 0.956. The summed E-state index contributed by atoms with van der Waals surface area (Å²) in [5, 5.41) is 0. The Bertz CT molecular complexity index is 189. The molecule has 1 saturated heterocycles. The van der Waals surface area contributed by atoms with Crippen LogP contribution in [0.5, 0.6) is 0 Å². The zero-order chi connectivity index (χ0) is 6.81. The molecule has 10 heavy (non-hydrogen) atoms. The van der Waals surface area contributed by atoms with Crippen molar-refractivity contribution in [2.45, 2.75) is 12.5 Å². The third-order valence-corrected chi connectivity index (χ3v) is 1.62. The van der Waals surface area contributed by atoms with Gasteiger partial charge >= 0.3 is 0 Å². The van der Waals surface area contributed by atoms with E-state index in [0.717, 1.165) is 18.8 Å². The van der Waals surface area contributed by atoms with Gasteiger partial charge in [0.2, 0.25) is 0 Å². The SMILES string of the molecule is c1coc([C@@H]2CCON2)c1. The van der Waals surface area contributed by atoms with Crippen molar-refractivity contribution in [3.05, 3.63) is 24.2 Å². The first-order valence-corrected chi connectivity index (χ1v) is 3.37. The van der Waals surface area contributed by atoms with Crippen LogP contribution in [-0.4, -0.2) is 6.61 Å². The Morgan fingerprint density at radius 3 is 3.20 bits per heavy atom. The van der Waals surface area contributed by atoms with E-state index >= 15 is 0 Å². The van der Waals surface area contributed by atoms with Crippen LogP contribution in [0.15, 0.2) is 22.8 Å². The molecule has 2 rings (SSSR count). The first-order valence-electron chi connectivity index (χ1n) is 3.37. The molecule has 54 valence electrons. The standard InChI is InChI=1S/C7H9NO2/c1-2-7(9-4-1)6-3-5-10-8-6/h1-2,4,6,8H,3,5H2/t6-/m0/s1. The van der Waals surface area contributed by atoms with Gasteiger partial charge in [0, 0.05) is 0 Å². The first-order chi connectivity index (χ1) is 4.97. The van der Waals surface area contributed by atoms with Crippen molar-refractivity contribution in [3.63, 3.8) is 0 Å². The van der Waals surface area contributed by atoms with Crippen molar-refractivity contribution >= 4 is 0 Å². The summed E-state index contributed by atoms with van der Waals surface area (Å²) in [6, 6.07) is 4.09. The number of hydrogen-bond acceptors (Lipinski definition) is 3. The van der Waals surface area contributed by atoms with Crippen LogP contribution in [0.1, 0.15) is 18.2 Å². The molecule has 0 amide bonds. The van der Waals surface area contributed by atoms with Crippen LogP contribution in [0.25, 0.3) is 0 Å². The molecule has 1 atom stereocenters. The average Bonchev–Trinajstić information content (AvgIpc) is 2.59. The van der Waals surface area contributed by atoms with Gasteiger partial charge in [0.25, 0.3) is 0 Å². The van der Waals surface area contributed by atoms with Crippen molar-refractivity contribution in [2.24, 2.45) is 0 Å². The van der Waals surface area contributed by atoms with E-state index in [1.807, 2.05) is 12.1 Å². The molecule has 1 aromatic rings. The van der Waals surface area contributed by atoms with Crippen LogP contribution in [0.4, 0.5) is 0 Å². The van der Waals surface area contributed by atoms with Gasteiger partial charge in [0.1, 0.15) is 5.76 Å². The number of rotatable bonds is 1. The summed E-state index contributed by atoms with van der Waals surface area (Å²) in [7, 11) is 0. The van der Waals surface area contributed by atoms with Crippen molar-refractivity contribution in [1.29, 1.82) is 0 Å². The minimum Gasteiger partial charge on any atom is -0.468 e. The molecule has 0 aliphatic carbocycles. The summed E-state index contributed by atoms with van der Waals surface area (Å²) >= 11 is 0. The molecule has 0 radical (unpaired) electrons. The van der Waals surface area contributed by atoms with Crippen molar-refractivity contribution in [2.75, 3.05) is 6.61 Å². The van der Waals surface area contributed by atoms with Crippen LogP contribution >= 0.6 is 0 Å². The van der Waals surface area contributed by atoms with Gasteiger partial charge in [0.15, 0.2) is 0 Å². The van der Waals surface area contributed by atoms with Gasteiger partial charge in [-0.3, -0.25) is 0 Å². The Balaban J connectivity index is 2.12. The molecule has 0 bridgehead atoms. The molecule has 0 unspecified atom stereocenters. The molecule has 0 spiro atoms. The normalized spacial score (nSPS) is 25.4. The van der Waals surface area contributed by atoms with Gasteiger partial charge in [-0.25, -0.2) is 0 Å². The van der Waals surface area contributed by atoms with E-state index in [1.165, 1.54) is 0 Å². The minimum atomic E-state index is 0.259. The molecule has 1 fully saturated rings.